The molecule has 0 aromatic heterocycles. The van der Waals surface area contributed by atoms with Gasteiger partial charge in [-0.15, -0.1) is 0 Å². The summed E-state index contributed by atoms with van der Waals surface area (Å²) >= 11 is 12.9. The minimum atomic E-state index is -0.273. The molecule has 3 nitrogen and oxygen atoms in total. The van der Waals surface area contributed by atoms with Crippen LogP contribution in [0.5, 0.6) is 11.5 Å². The van der Waals surface area contributed by atoms with Gasteiger partial charge < -0.3 is 9.84 Å². The number of fused-ring (bicyclic) bond motifs is 1. The molecule has 3 aromatic rings. The lowest BCUT2D eigenvalue weighted by Gasteiger charge is -2.19. The van der Waals surface area contributed by atoms with E-state index in [1.165, 1.54) is 5.57 Å². The Morgan fingerprint density at radius 3 is 2.56 bits per heavy atom. The van der Waals surface area contributed by atoms with Gasteiger partial charge in [-0.2, -0.15) is 0 Å². The van der Waals surface area contributed by atoms with Crippen molar-refractivity contribution in [3.05, 3.63) is 93.0 Å². The van der Waals surface area contributed by atoms with Gasteiger partial charge in [-0.3, -0.25) is 9.29 Å². The van der Waals surface area contributed by atoms with Crippen LogP contribution < -0.4 is 4.74 Å². The zero-order chi connectivity index (χ0) is 25.1. The summed E-state index contributed by atoms with van der Waals surface area (Å²) in [4.78, 5) is 2.27. The maximum Gasteiger partial charge on any atom is 0.119 e. The summed E-state index contributed by atoms with van der Waals surface area (Å²) < 4.78 is 18.8. The van der Waals surface area contributed by atoms with Gasteiger partial charge in [0.15, 0.2) is 0 Å². The van der Waals surface area contributed by atoms with E-state index in [0.717, 1.165) is 78.9 Å². The number of benzene rings is 3. The third-order valence-electron chi connectivity index (χ3n) is 7.07. The van der Waals surface area contributed by atoms with Crippen LogP contribution in [0.25, 0.3) is 11.1 Å². The molecule has 1 saturated heterocycles. The van der Waals surface area contributed by atoms with Crippen molar-refractivity contribution in [3.8, 4) is 11.5 Å². The van der Waals surface area contributed by atoms with Crippen molar-refractivity contribution in [3.63, 3.8) is 0 Å². The van der Waals surface area contributed by atoms with E-state index in [4.69, 9.17) is 27.9 Å². The zero-order valence-electron chi connectivity index (χ0n) is 20.2. The molecule has 0 saturated carbocycles. The van der Waals surface area contributed by atoms with Crippen LogP contribution in [0.4, 0.5) is 4.39 Å². The second kappa shape index (κ2) is 11.2. The summed E-state index contributed by atoms with van der Waals surface area (Å²) in [7, 11) is 0. The van der Waals surface area contributed by atoms with Crippen LogP contribution >= 0.6 is 23.2 Å². The summed E-state index contributed by atoms with van der Waals surface area (Å²) in [5.41, 5.74) is 6.60. The summed E-state index contributed by atoms with van der Waals surface area (Å²) in [6.07, 6.45) is 4.35. The largest absolute Gasteiger partial charge is 0.508 e. The highest BCUT2D eigenvalue weighted by Gasteiger charge is 2.25. The number of phenolic OH excluding ortho intramolecular Hbond substituents is 1. The fraction of sp³-hybridized carbons (Fsp3) is 0.333. The number of rotatable bonds is 7. The Kier molecular flexibility index (Phi) is 7.85. The van der Waals surface area contributed by atoms with Gasteiger partial charge in [0, 0.05) is 29.7 Å². The SMILES string of the molecule is Oc1ccc2c(c1)CCCC(c1ccc(Cl)cc1Cl)=C2c1ccc(O[C@H]2CCN(CCCF)C2)cc1. The molecular weight excluding hydrogens is 496 g/mol. The van der Waals surface area contributed by atoms with Crippen LogP contribution in [0, 0.1) is 0 Å². The Bertz CT molecular complexity index is 1260. The third kappa shape index (κ3) is 5.56. The van der Waals surface area contributed by atoms with Gasteiger partial charge in [-0.1, -0.05) is 47.5 Å². The van der Waals surface area contributed by atoms with Crippen LogP contribution in [-0.2, 0) is 6.42 Å². The lowest BCUT2D eigenvalue weighted by molar-refractivity contribution is 0.198. The van der Waals surface area contributed by atoms with Crippen molar-refractivity contribution in [2.45, 2.75) is 38.2 Å². The number of alkyl halides is 1. The molecule has 5 rings (SSSR count). The van der Waals surface area contributed by atoms with E-state index < -0.39 is 0 Å². The van der Waals surface area contributed by atoms with Crippen LogP contribution in [0.15, 0.2) is 60.7 Å². The van der Waals surface area contributed by atoms with Crippen molar-refractivity contribution in [2.75, 3.05) is 26.3 Å². The zero-order valence-corrected chi connectivity index (χ0v) is 21.7. The van der Waals surface area contributed by atoms with E-state index >= 15 is 0 Å². The number of hydrogen-bond donors (Lipinski definition) is 1. The molecule has 1 aliphatic heterocycles. The Hall–Kier alpha value is -2.53. The number of phenols is 1. The average Bonchev–Trinajstić information content (AvgIpc) is 3.22. The first-order valence-electron chi connectivity index (χ1n) is 12.6. The highest BCUT2D eigenvalue weighted by molar-refractivity contribution is 6.36. The number of hydrogen-bond acceptors (Lipinski definition) is 3. The summed E-state index contributed by atoms with van der Waals surface area (Å²) in [5.74, 6) is 1.12. The minimum Gasteiger partial charge on any atom is -0.508 e. The summed E-state index contributed by atoms with van der Waals surface area (Å²) in [6.45, 7) is 2.30. The standard InChI is InChI=1S/C30H30Cl2FNO2/c31-22-7-11-27(29(32)18-22)28-4-1-3-21-17-23(35)8-12-26(21)30(28)20-5-9-24(10-6-20)36-25-13-16-34(19-25)15-2-14-33/h5-12,17-18,25,35H,1-4,13-16,19H2/t25-/m0/s1. The molecule has 2 aliphatic rings. The number of nitrogens with zero attached hydrogens (tertiary/aromatic N) is 1. The fourth-order valence-electron chi connectivity index (χ4n) is 5.38. The summed E-state index contributed by atoms with van der Waals surface area (Å²) in [6, 6.07) is 19.6. The quantitative estimate of drug-likeness (QED) is 0.341. The molecule has 188 valence electrons. The van der Waals surface area contributed by atoms with Gasteiger partial charge in [-0.05, 0) is 102 Å². The highest BCUT2D eigenvalue weighted by atomic mass is 35.5. The normalized spacial score (nSPS) is 18.2. The molecule has 1 atom stereocenters. The van der Waals surface area contributed by atoms with Gasteiger partial charge in [0.25, 0.3) is 0 Å². The molecule has 0 spiro atoms. The van der Waals surface area contributed by atoms with Gasteiger partial charge >= 0.3 is 0 Å². The van der Waals surface area contributed by atoms with Gasteiger partial charge in [0.2, 0.25) is 0 Å². The summed E-state index contributed by atoms with van der Waals surface area (Å²) in [5, 5.41) is 11.4. The van der Waals surface area contributed by atoms with Crippen molar-refractivity contribution >= 4 is 34.3 Å². The number of aromatic hydroxyl groups is 1. The van der Waals surface area contributed by atoms with Gasteiger partial charge in [-0.25, -0.2) is 0 Å². The monoisotopic (exact) mass is 525 g/mol. The van der Waals surface area contributed by atoms with Crippen molar-refractivity contribution in [1.82, 2.24) is 4.90 Å². The molecule has 0 bridgehead atoms. The minimum absolute atomic E-state index is 0.125. The van der Waals surface area contributed by atoms with Gasteiger partial charge in [0.1, 0.15) is 17.6 Å². The number of halogens is 3. The first-order chi connectivity index (χ1) is 17.5. The van der Waals surface area contributed by atoms with Crippen LogP contribution in [0.3, 0.4) is 0 Å². The van der Waals surface area contributed by atoms with Crippen molar-refractivity contribution < 1.29 is 14.2 Å². The Morgan fingerprint density at radius 2 is 1.78 bits per heavy atom. The molecule has 0 amide bonds. The maximum absolute atomic E-state index is 12.5. The second-order valence-corrected chi connectivity index (χ2v) is 10.4. The first-order valence-corrected chi connectivity index (χ1v) is 13.3. The second-order valence-electron chi connectivity index (χ2n) is 9.57. The molecule has 3 aromatic carbocycles. The highest BCUT2D eigenvalue weighted by Crippen LogP contribution is 2.43. The van der Waals surface area contributed by atoms with E-state index in [0.29, 0.717) is 16.5 Å². The topological polar surface area (TPSA) is 32.7 Å². The lowest BCUT2D eigenvalue weighted by Crippen LogP contribution is -2.26. The molecule has 1 N–H and O–H groups in total. The van der Waals surface area contributed by atoms with E-state index in [-0.39, 0.29) is 18.5 Å². The number of likely N-dealkylation sites (tertiary alicyclic amines) is 1. The Balaban J connectivity index is 1.49. The van der Waals surface area contributed by atoms with E-state index in [1.807, 2.05) is 36.4 Å². The van der Waals surface area contributed by atoms with Crippen molar-refractivity contribution in [1.29, 1.82) is 0 Å². The smallest absolute Gasteiger partial charge is 0.119 e. The molecular formula is C30H30Cl2FNO2. The first kappa shape index (κ1) is 25.1. The predicted octanol–water partition coefficient (Wildman–Crippen LogP) is 7.81. The number of ether oxygens (including phenoxy) is 1. The Labute approximate surface area is 222 Å². The number of allylic oxidation sites excluding steroid dienone is 1. The number of aryl methyl sites for hydroxylation is 1. The predicted molar refractivity (Wildman–Crippen MR) is 146 cm³/mol. The molecule has 0 unspecified atom stereocenters. The van der Waals surface area contributed by atoms with Crippen molar-refractivity contribution in [2.24, 2.45) is 0 Å². The van der Waals surface area contributed by atoms with Crippen LogP contribution in [0.1, 0.15) is 47.9 Å². The Morgan fingerprint density at radius 1 is 0.972 bits per heavy atom. The molecule has 0 radical (unpaired) electrons. The molecule has 1 heterocycles. The molecule has 6 heteroatoms. The van der Waals surface area contributed by atoms with Gasteiger partial charge in [0.05, 0.1) is 6.67 Å². The average molecular weight is 526 g/mol. The molecule has 1 aliphatic carbocycles. The molecule has 1 fully saturated rings. The van der Waals surface area contributed by atoms with E-state index in [9.17, 15) is 9.50 Å². The maximum atomic E-state index is 12.5. The van der Waals surface area contributed by atoms with E-state index in [2.05, 4.69) is 17.0 Å². The van der Waals surface area contributed by atoms with Crippen LogP contribution in [0.2, 0.25) is 10.0 Å². The van der Waals surface area contributed by atoms with Crippen LogP contribution in [-0.4, -0.2) is 42.4 Å². The van der Waals surface area contributed by atoms with E-state index in [1.54, 1.807) is 12.1 Å². The fourth-order valence-corrected chi connectivity index (χ4v) is 5.90. The lowest BCUT2D eigenvalue weighted by atomic mass is 9.88. The molecule has 36 heavy (non-hydrogen) atoms. The third-order valence-corrected chi connectivity index (χ3v) is 7.62.